The summed E-state index contributed by atoms with van der Waals surface area (Å²) in [6.07, 6.45) is 7.51. The molecule has 1 aromatic carbocycles. The molecule has 2 heterocycles. The van der Waals surface area contributed by atoms with Crippen molar-refractivity contribution in [2.24, 2.45) is 0 Å². The second-order valence-electron chi connectivity index (χ2n) is 5.98. The van der Waals surface area contributed by atoms with Gasteiger partial charge in [-0.15, -0.1) is 0 Å². The van der Waals surface area contributed by atoms with Crippen LogP contribution in [0.5, 0.6) is 0 Å². The SMILES string of the molecule is c1ccc(N2CCN(CCCCc3cccnc3)CC2)cc1. The van der Waals surface area contributed by atoms with Gasteiger partial charge in [-0.3, -0.25) is 9.88 Å². The van der Waals surface area contributed by atoms with Crippen molar-refractivity contribution in [2.75, 3.05) is 37.6 Å². The molecule has 1 fully saturated rings. The van der Waals surface area contributed by atoms with Gasteiger partial charge in [-0.25, -0.2) is 0 Å². The maximum Gasteiger partial charge on any atom is 0.0367 e. The molecule has 1 aliphatic heterocycles. The Bertz CT molecular complexity index is 533. The van der Waals surface area contributed by atoms with Gasteiger partial charge in [0.25, 0.3) is 0 Å². The fraction of sp³-hybridized carbons (Fsp3) is 0.421. The summed E-state index contributed by atoms with van der Waals surface area (Å²) in [4.78, 5) is 9.27. The van der Waals surface area contributed by atoms with Crippen molar-refractivity contribution in [3.05, 3.63) is 60.4 Å². The monoisotopic (exact) mass is 295 g/mol. The number of aromatic nitrogens is 1. The largest absolute Gasteiger partial charge is 0.369 e. The Morgan fingerprint density at radius 2 is 1.68 bits per heavy atom. The number of nitrogens with zero attached hydrogens (tertiary/aromatic N) is 3. The number of piperazine rings is 1. The Morgan fingerprint density at radius 1 is 0.864 bits per heavy atom. The number of hydrogen-bond donors (Lipinski definition) is 0. The number of anilines is 1. The van der Waals surface area contributed by atoms with Crippen LogP contribution in [0.25, 0.3) is 0 Å². The predicted molar refractivity (Wildman–Crippen MR) is 92.3 cm³/mol. The van der Waals surface area contributed by atoms with Gasteiger partial charge in [0.15, 0.2) is 0 Å². The second kappa shape index (κ2) is 7.95. The number of para-hydroxylation sites is 1. The highest BCUT2D eigenvalue weighted by atomic mass is 15.3. The zero-order chi connectivity index (χ0) is 15.0. The third-order valence-corrected chi connectivity index (χ3v) is 4.41. The van der Waals surface area contributed by atoms with Crippen LogP contribution in [0.4, 0.5) is 5.69 Å². The second-order valence-corrected chi connectivity index (χ2v) is 5.98. The summed E-state index contributed by atoms with van der Waals surface area (Å²) < 4.78 is 0. The molecule has 1 aromatic heterocycles. The third-order valence-electron chi connectivity index (χ3n) is 4.41. The maximum atomic E-state index is 4.17. The Balaban J connectivity index is 1.34. The van der Waals surface area contributed by atoms with Crippen LogP contribution < -0.4 is 4.90 Å². The summed E-state index contributed by atoms with van der Waals surface area (Å²) in [5, 5.41) is 0. The van der Waals surface area contributed by atoms with Crippen LogP contribution in [-0.2, 0) is 6.42 Å². The first-order valence-corrected chi connectivity index (χ1v) is 8.33. The van der Waals surface area contributed by atoms with Gasteiger partial charge in [0.05, 0.1) is 0 Å². The van der Waals surface area contributed by atoms with Crippen molar-refractivity contribution in [3.63, 3.8) is 0 Å². The van der Waals surface area contributed by atoms with E-state index < -0.39 is 0 Å². The summed E-state index contributed by atoms with van der Waals surface area (Å²) >= 11 is 0. The van der Waals surface area contributed by atoms with Crippen LogP contribution in [-0.4, -0.2) is 42.6 Å². The Morgan fingerprint density at radius 3 is 2.41 bits per heavy atom. The van der Waals surface area contributed by atoms with E-state index in [0.29, 0.717) is 0 Å². The zero-order valence-electron chi connectivity index (χ0n) is 13.2. The molecule has 3 nitrogen and oxygen atoms in total. The fourth-order valence-electron chi connectivity index (χ4n) is 3.08. The molecule has 1 aliphatic rings. The molecule has 0 amide bonds. The molecule has 0 unspecified atom stereocenters. The summed E-state index contributed by atoms with van der Waals surface area (Å²) in [6, 6.07) is 15.0. The minimum absolute atomic E-state index is 1.15. The molecule has 0 radical (unpaired) electrons. The van der Waals surface area contributed by atoms with Crippen molar-refractivity contribution < 1.29 is 0 Å². The molecule has 0 atom stereocenters. The average Bonchev–Trinajstić information content (AvgIpc) is 2.61. The summed E-state index contributed by atoms with van der Waals surface area (Å²) in [5.74, 6) is 0. The van der Waals surface area contributed by atoms with Gasteiger partial charge in [-0.2, -0.15) is 0 Å². The van der Waals surface area contributed by atoms with Crippen LogP contribution in [0.3, 0.4) is 0 Å². The molecule has 1 saturated heterocycles. The van der Waals surface area contributed by atoms with Crippen LogP contribution in [0.2, 0.25) is 0 Å². The molecule has 22 heavy (non-hydrogen) atoms. The molecule has 2 aromatic rings. The van der Waals surface area contributed by atoms with Gasteiger partial charge in [0.1, 0.15) is 0 Å². The minimum atomic E-state index is 1.15. The highest BCUT2D eigenvalue weighted by molar-refractivity contribution is 5.46. The predicted octanol–water partition coefficient (Wildman–Crippen LogP) is 3.23. The molecule has 3 rings (SSSR count). The molecule has 0 bridgehead atoms. The summed E-state index contributed by atoms with van der Waals surface area (Å²) in [7, 11) is 0. The number of pyridine rings is 1. The van der Waals surface area contributed by atoms with E-state index in [2.05, 4.69) is 51.2 Å². The molecular formula is C19H25N3. The van der Waals surface area contributed by atoms with Crippen LogP contribution in [0.1, 0.15) is 18.4 Å². The Hall–Kier alpha value is -1.87. The lowest BCUT2D eigenvalue weighted by atomic mass is 10.1. The first kappa shape index (κ1) is 15.0. The molecule has 0 aliphatic carbocycles. The van der Waals surface area contributed by atoms with Gasteiger partial charge < -0.3 is 4.90 Å². The van der Waals surface area contributed by atoms with Gasteiger partial charge in [0, 0.05) is 44.3 Å². The third kappa shape index (κ3) is 4.31. The van der Waals surface area contributed by atoms with Crippen molar-refractivity contribution >= 4 is 5.69 Å². The van der Waals surface area contributed by atoms with E-state index >= 15 is 0 Å². The first-order valence-electron chi connectivity index (χ1n) is 8.33. The van der Waals surface area contributed by atoms with Crippen molar-refractivity contribution in [1.82, 2.24) is 9.88 Å². The van der Waals surface area contributed by atoms with E-state index in [1.807, 2.05) is 18.5 Å². The van der Waals surface area contributed by atoms with Crippen LogP contribution in [0, 0.1) is 0 Å². The average molecular weight is 295 g/mol. The summed E-state index contributed by atoms with van der Waals surface area (Å²) in [5.41, 5.74) is 2.72. The highest BCUT2D eigenvalue weighted by Crippen LogP contribution is 2.15. The van der Waals surface area contributed by atoms with Crippen molar-refractivity contribution in [2.45, 2.75) is 19.3 Å². The lowest BCUT2D eigenvalue weighted by molar-refractivity contribution is 0.253. The van der Waals surface area contributed by atoms with Crippen LogP contribution >= 0.6 is 0 Å². The van der Waals surface area contributed by atoms with Gasteiger partial charge >= 0.3 is 0 Å². The maximum absolute atomic E-state index is 4.17. The van der Waals surface area contributed by atoms with E-state index in [1.54, 1.807) is 0 Å². The topological polar surface area (TPSA) is 19.4 Å². The first-order chi connectivity index (χ1) is 10.9. The molecule has 0 spiro atoms. The van der Waals surface area contributed by atoms with Gasteiger partial charge in [-0.1, -0.05) is 24.3 Å². The molecule has 116 valence electrons. The standard InChI is InChI=1S/C19H25N3/c1-2-9-19(10-3-1)22-15-13-21(14-16-22)12-5-4-7-18-8-6-11-20-17-18/h1-3,6,8-11,17H,4-5,7,12-16H2. The molecule has 3 heteroatoms. The highest BCUT2D eigenvalue weighted by Gasteiger charge is 2.16. The lowest BCUT2D eigenvalue weighted by Crippen LogP contribution is -2.46. The lowest BCUT2D eigenvalue weighted by Gasteiger charge is -2.36. The van der Waals surface area contributed by atoms with Gasteiger partial charge in [0.2, 0.25) is 0 Å². The Kier molecular flexibility index (Phi) is 5.43. The molecular weight excluding hydrogens is 270 g/mol. The quantitative estimate of drug-likeness (QED) is 0.763. The van der Waals surface area contributed by atoms with Crippen LogP contribution in [0.15, 0.2) is 54.9 Å². The smallest absolute Gasteiger partial charge is 0.0367 e. The minimum Gasteiger partial charge on any atom is -0.369 e. The van der Waals surface area contributed by atoms with Gasteiger partial charge in [-0.05, 0) is 49.6 Å². The normalized spacial score (nSPS) is 15.9. The van der Waals surface area contributed by atoms with Crippen molar-refractivity contribution in [1.29, 1.82) is 0 Å². The number of rotatable bonds is 6. The number of benzene rings is 1. The zero-order valence-corrected chi connectivity index (χ0v) is 13.2. The molecule has 0 N–H and O–H groups in total. The number of aryl methyl sites for hydroxylation is 1. The summed E-state index contributed by atoms with van der Waals surface area (Å²) in [6.45, 7) is 5.88. The number of hydrogen-bond acceptors (Lipinski definition) is 3. The fourth-order valence-corrected chi connectivity index (χ4v) is 3.08. The van der Waals surface area contributed by atoms with Crippen molar-refractivity contribution in [3.8, 4) is 0 Å². The van der Waals surface area contributed by atoms with E-state index in [9.17, 15) is 0 Å². The van der Waals surface area contributed by atoms with E-state index in [0.717, 1.165) is 19.5 Å². The van der Waals surface area contributed by atoms with E-state index in [1.165, 1.54) is 43.7 Å². The van der Waals surface area contributed by atoms with E-state index in [4.69, 9.17) is 0 Å². The van der Waals surface area contributed by atoms with E-state index in [-0.39, 0.29) is 0 Å². The Labute approximate surface area is 133 Å². The number of unbranched alkanes of at least 4 members (excludes halogenated alkanes) is 1. The molecule has 0 saturated carbocycles.